The maximum Gasteiger partial charge on any atom is 0.254 e. The van der Waals surface area contributed by atoms with Crippen molar-refractivity contribution in [3.05, 3.63) is 82.7 Å². The summed E-state index contributed by atoms with van der Waals surface area (Å²) in [6.07, 6.45) is 1.19. The largest absolute Gasteiger partial charge is 0.339 e. The number of para-hydroxylation sites is 1. The molecule has 1 atom stereocenters. The summed E-state index contributed by atoms with van der Waals surface area (Å²) in [4.78, 5) is 30.6. The highest BCUT2D eigenvalue weighted by atomic mass is 35.5. The summed E-state index contributed by atoms with van der Waals surface area (Å²) in [6.45, 7) is 3.60. The van der Waals surface area contributed by atoms with E-state index in [4.69, 9.17) is 11.6 Å². The summed E-state index contributed by atoms with van der Waals surface area (Å²) in [5.41, 5.74) is 1.63. The van der Waals surface area contributed by atoms with Gasteiger partial charge in [-0.15, -0.1) is 21.5 Å². The molecule has 2 amide bonds. The summed E-state index contributed by atoms with van der Waals surface area (Å²) >= 11 is 9.20. The van der Waals surface area contributed by atoms with Crippen LogP contribution in [0.5, 0.6) is 0 Å². The highest BCUT2D eigenvalue weighted by Gasteiger charge is 2.30. The summed E-state index contributed by atoms with van der Waals surface area (Å²) in [5, 5.41) is 12.4. The van der Waals surface area contributed by atoms with Crippen LogP contribution in [0.25, 0.3) is 16.4 Å². The van der Waals surface area contributed by atoms with Gasteiger partial charge in [0.1, 0.15) is 0 Å². The van der Waals surface area contributed by atoms with Crippen LogP contribution < -0.4 is 0 Å². The number of aromatic nitrogens is 3. The van der Waals surface area contributed by atoms with Crippen LogP contribution in [0.4, 0.5) is 0 Å². The average Bonchev–Trinajstić information content (AvgIpc) is 3.62. The molecule has 38 heavy (non-hydrogen) atoms. The second-order valence-corrected chi connectivity index (χ2v) is 11.5. The van der Waals surface area contributed by atoms with E-state index in [9.17, 15) is 9.59 Å². The zero-order valence-corrected chi connectivity index (χ0v) is 23.4. The molecule has 1 aliphatic heterocycles. The van der Waals surface area contributed by atoms with Gasteiger partial charge in [-0.05, 0) is 61.2 Å². The molecule has 10 heteroatoms. The lowest BCUT2D eigenvalue weighted by Gasteiger charge is -2.40. The number of piperazine rings is 1. The van der Waals surface area contributed by atoms with Gasteiger partial charge in [0.25, 0.3) is 5.91 Å². The van der Waals surface area contributed by atoms with E-state index in [0.29, 0.717) is 36.6 Å². The van der Waals surface area contributed by atoms with Gasteiger partial charge in [0.15, 0.2) is 11.0 Å². The van der Waals surface area contributed by atoms with Crippen LogP contribution >= 0.6 is 34.7 Å². The van der Waals surface area contributed by atoms with Gasteiger partial charge >= 0.3 is 0 Å². The quantitative estimate of drug-likeness (QED) is 0.197. The summed E-state index contributed by atoms with van der Waals surface area (Å²) in [7, 11) is 0. The average molecular weight is 566 g/mol. The lowest BCUT2D eigenvalue weighted by atomic mass is 10.1. The molecular formula is C28H28ClN5O2S2. The number of thiophene rings is 1. The fourth-order valence-corrected chi connectivity index (χ4v) is 6.24. The number of hydrogen-bond acceptors (Lipinski definition) is 6. The minimum Gasteiger partial charge on any atom is -0.339 e. The molecule has 196 valence electrons. The molecule has 7 nitrogen and oxygen atoms in total. The summed E-state index contributed by atoms with van der Waals surface area (Å²) in [5.74, 6) is 1.68. The maximum atomic E-state index is 13.0. The SMILES string of the molecule is CC1CN(C(=O)CCCSc2nnc(-c3cccs3)n2-c2ccccc2)CCN1C(=O)c1ccc(Cl)cc1. The minimum atomic E-state index is -0.0506. The molecule has 0 spiro atoms. The van der Waals surface area contributed by atoms with Crippen molar-refractivity contribution in [2.24, 2.45) is 0 Å². The van der Waals surface area contributed by atoms with Crippen LogP contribution in [0.3, 0.4) is 0 Å². The van der Waals surface area contributed by atoms with E-state index in [1.165, 1.54) is 0 Å². The lowest BCUT2D eigenvalue weighted by molar-refractivity contribution is -0.133. The van der Waals surface area contributed by atoms with E-state index < -0.39 is 0 Å². The van der Waals surface area contributed by atoms with Gasteiger partial charge in [-0.3, -0.25) is 14.2 Å². The van der Waals surface area contributed by atoms with Crippen molar-refractivity contribution in [2.75, 3.05) is 25.4 Å². The Morgan fingerprint density at radius 3 is 2.53 bits per heavy atom. The van der Waals surface area contributed by atoms with Crippen molar-refractivity contribution in [1.82, 2.24) is 24.6 Å². The Kier molecular flexibility index (Phi) is 8.46. The summed E-state index contributed by atoms with van der Waals surface area (Å²) < 4.78 is 2.08. The van der Waals surface area contributed by atoms with Crippen molar-refractivity contribution in [3.63, 3.8) is 0 Å². The first-order valence-electron chi connectivity index (χ1n) is 12.5. The number of thioether (sulfide) groups is 1. The van der Waals surface area contributed by atoms with Crippen molar-refractivity contribution in [3.8, 4) is 16.4 Å². The Morgan fingerprint density at radius 2 is 1.82 bits per heavy atom. The predicted molar refractivity (Wildman–Crippen MR) is 153 cm³/mol. The topological polar surface area (TPSA) is 71.3 Å². The highest BCUT2D eigenvalue weighted by Crippen LogP contribution is 2.30. The molecular weight excluding hydrogens is 538 g/mol. The van der Waals surface area contributed by atoms with Crippen LogP contribution in [-0.2, 0) is 4.79 Å². The maximum absolute atomic E-state index is 13.0. The predicted octanol–water partition coefficient (Wildman–Crippen LogP) is 5.89. The number of hydrogen-bond donors (Lipinski definition) is 0. The van der Waals surface area contributed by atoms with Gasteiger partial charge in [0.05, 0.1) is 4.88 Å². The Bertz CT molecular complexity index is 1380. The minimum absolute atomic E-state index is 0.0258. The molecule has 0 bridgehead atoms. The monoisotopic (exact) mass is 565 g/mol. The van der Waals surface area contributed by atoms with Crippen LogP contribution in [-0.4, -0.2) is 67.8 Å². The number of amides is 2. The molecule has 0 aliphatic carbocycles. The fourth-order valence-electron chi connectivity index (χ4n) is 4.53. The first kappa shape index (κ1) is 26.5. The van der Waals surface area contributed by atoms with E-state index in [-0.39, 0.29) is 17.9 Å². The molecule has 0 N–H and O–H groups in total. The Morgan fingerprint density at radius 1 is 1.03 bits per heavy atom. The third-order valence-electron chi connectivity index (χ3n) is 6.49. The van der Waals surface area contributed by atoms with E-state index in [0.717, 1.165) is 33.7 Å². The van der Waals surface area contributed by atoms with E-state index >= 15 is 0 Å². The van der Waals surface area contributed by atoms with Gasteiger partial charge in [0.2, 0.25) is 5.91 Å². The third kappa shape index (κ3) is 5.95. The molecule has 0 saturated carbocycles. The fraction of sp³-hybridized carbons (Fsp3) is 0.286. The first-order chi connectivity index (χ1) is 18.5. The van der Waals surface area contributed by atoms with Gasteiger partial charge in [0, 0.05) is 54.1 Å². The first-order valence-corrected chi connectivity index (χ1v) is 14.8. The van der Waals surface area contributed by atoms with Crippen molar-refractivity contribution < 1.29 is 9.59 Å². The number of nitrogens with zero attached hydrogens (tertiary/aromatic N) is 5. The van der Waals surface area contributed by atoms with E-state index in [1.54, 1.807) is 47.4 Å². The molecule has 1 aliphatic rings. The number of carbonyl (C=O) groups is 2. The van der Waals surface area contributed by atoms with Gasteiger partial charge in [-0.1, -0.05) is 47.6 Å². The van der Waals surface area contributed by atoms with Gasteiger partial charge in [-0.2, -0.15) is 0 Å². The molecule has 2 aromatic heterocycles. The van der Waals surface area contributed by atoms with Crippen LogP contribution in [0.2, 0.25) is 5.02 Å². The van der Waals surface area contributed by atoms with E-state index in [2.05, 4.69) is 14.8 Å². The Balaban J connectivity index is 1.15. The lowest BCUT2D eigenvalue weighted by Crippen LogP contribution is -2.55. The van der Waals surface area contributed by atoms with Gasteiger partial charge in [-0.25, -0.2) is 0 Å². The number of rotatable bonds is 8. The van der Waals surface area contributed by atoms with Crippen LogP contribution in [0.15, 0.2) is 77.3 Å². The smallest absolute Gasteiger partial charge is 0.254 e. The van der Waals surface area contributed by atoms with Crippen molar-refractivity contribution in [1.29, 1.82) is 0 Å². The summed E-state index contributed by atoms with van der Waals surface area (Å²) in [6, 6.07) is 21.0. The zero-order valence-electron chi connectivity index (χ0n) is 21.0. The zero-order chi connectivity index (χ0) is 26.5. The van der Waals surface area contributed by atoms with Crippen molar-refractivity contribution in [2.45, 2.75) is 31.0 Å². The Labute approximate surface area is 235 Å². The molecule has 1 unspecified atom stereocenters. The van der Waals surface area contributed by atoms with Crippen LogP contribution in [0, 0.1) is 0 Å². The Hall–Kier alpha value is -3.14. The molecule has 3 heterocycles. The molecule has 0 radical (unpaired) electrons. The normalized spacial score (nSPS) is 15.6. The molecule has 2 aromatic carbocycles. The molecule has 5 rings (SSSR count). The number of carbonyl (C=O) groups excluding carboxylic acids is 2. The van der Waals surface area contributed by atoms with Crippen LogP contribution in [0.1, 0.15) is 30.1 Å². The molecule has 4 aromatic rings. The number of halogens is 1. The standard InChI is InChI=1S/C28H28ClN5O2S2/c1-20-19-32(15-16-33(20)27(36)21-11-13-22(29)14-12-21)25(35)10-6-18-38-28-31-30-26(24-9-5-17-37-24)34(28)23-7-3-2-4-8-23/h2-5,7-9,11-14,17,20H,6,10,15-16,18-19H2,1H3. The van der Waals surface area contributed by atoms with Crippen molar-refractivity contribution >= 4 is 46.5 Å². The van der Waals surface area contributed by atoms with Gasteiger partial charge < -0.3 is 9.80 Å². The molecule has 1 saturated heterocycles. The third-order valence-corrected chi connectivity index (χ3v) is 8.62. The second-order valence-electron chi connectivity index (χ2n) is 9.10. The highest BCUT2D eigenvalue weighted by molar-refractivity contribution is 7.99. The molecule has 1 fully saturated rings. The second kappa shape index (κ2) is 12.1. The number of benzene rings is 2. The van der Waals surface area contributed by atoms with E-state index in [1.807, 2.05) is 64.6 Å².